The zero-order valence-electron chi connectivity index (χ0n) is 12.0. The molecule has 1 saturated heterocycles. The summed E-state index contributed by atoms with van der Waals surface area (Å²) in [5, 5.41) is 1.92. The summed E-state index contributed by atoms with van der Waals surface area (Å²) < 4.78 is 41.8. The molecule has 0 bridgehead atoms. The molecule has 20 heavy (non-hydrogen) atoms. The molecule has 0 aromatic carbocycles. The average molecular weight is 297 g/mol. The lowest BCUT2D eigenvalue weighted by atomic mass is 10.2. The summed E-state index contributed by atoms with van der Waals surface area (Å²) in [4.78, 5) is 15.5. The van der Waals surface area contributed by atoms with Crippen molar-refractivity contribution in [1.82, 2.24) is 15.1 Å². The molecule has 0 spiro atoms. The van der Waals surface area contributed by atoms with Gasteiger partial charge in [0.25, 0.3) is 0 Å². The SMILES string of the molecule is C[C@@H](C(=O)NCC(F)(F)F)N1CCO[C@H](CN(C)C)C1. The van der Waals surface area contributed by atoms with Crippen LogP contribution in [0.1, 0.15) is 6.92 Å². The number of alkyl halides is 3. The summed E-state index contributed by atoms with van der Waals surface area (Å²) in [7, 11) is 3.84. The van der Waals surface area contributed by atoms with Gasteiger partial charge in [-0.05, 0) is 21.0 Å². The molecule has 2 atom stereocenters. The minimum absolute atomic E-state index is 0.0309. The third-order valence-electron chi connectivity index (χ3n) is 3.13. The summed E-state index contributed by atoms with van der Waals surface area (Å²) in [5.41, 5.74) is 0. The van der Waals surface area contributed by atoms with E-state index in [4.69, 9.17) is 4.74 Å². The molecule has 1 amide bonds. The number of carbonyl (C=O) groups excluding carboxylic acids is 1. The number of nitrogens with zero attached hydrogens (tertiary/aromatic N) is 2. The summed E-state index contributed by atoms with van der Waals surface area (Å²) in [6.07, 6.45) is -4.41. The minimum Gasteiger partial charge on any atom is -0.374 e. The van der Waals surface area contributed by atoms with E-state index in [0.717, 1.165) is 0 Å². The number of ether oxygens (including phenoxy) is 1. The Hall–Kier alpha value is -0.860. The number of amides is 1. The molecule has 8 heteroatoms. The van der Waals surface area contributed by atoms with Crippen LogP contribution in [0, 0.1) is 0 Å². The topological polar surface area (TPSA) is 44.8 Å². The van der Waals surface area contributed by atoms with E-state index in [1.807, 2.05) is 29.2 Å². The maximum absolute atomic E-state index is 12.1. The van der Waals surface area contributed by atoms with Crippen LogP contribution in [0.4, 0.5) is 13.2 Å². The van der Waals surface area contributed by atoms with Crippen LogP contribution in [0.15, 0.2) is 0 Å². The fraction of sp³-hybridized carbons (Fsp3) is 0.917. The van der Waals surface area contributed by atoms with Crippen molar-refractivity contribution in [2.75, 3.05) is 46.9 Å². The minimum atomic E-state index is -4.38. The van der Waals surface area contributed by atoms with Gasteiger partial charge in [0.15, 0.2) is 0 Å². The summed E-state index contributed by atoms with van der Waals surface area (Å²) in [5.74, 6) is -0.604. The van der Waals surface area contributed by atoms with E-state index in [-0.39, 0.29) is 6.10 Å². The zero-order chi connectivity index (χ0) is 15.3. The summed E-state index contributed by atoms with van der Waals surface area (Å²) >= 11 is 0. The monoisotopic (exact) mass is 297 g/mol. The van der Waals surface area contributed by atoms with E-state index in [9.17, 15) is 18.0 Å². The molecule has 0 radical (unpaired) electrons. The Morgan fingerprint density at radius 3 is 2.70 bits per heavy atom. The van der Waals surface area contributed by atoms with Gasteiger partial charge in [0.2, 0.25) is 5.91 Å². The van der Waals surface area contributed by atoms with Crippen LogP contribution >= 0.6 is 0 Å². The second-order valence-corrected chi connectivity index (χ2v) is 5.26. The molecule has 0 unspecified atom stereocenters. The molecule has 1 heterocycles. The van der Waals surface area contributed by atoms with E-state index in [0.29, 0.717) is 26.2 Å². The molecule has 118 valence electrons. The normalized spacial score (nSPS) is 22.9. The van der Waals surface area contributed by atoms with E-state index < -0.39 is 24.7 Å². The Bertz CT molecular complexity index is 324. The fourth-order valence-corrected chi connectivity index (χ4v) is 2.11. The van der Waals surface area contributed by atoms with Crippen LogP contribution in [0.5, 0.6) is 0 Å². The highest BCUT2D eigenvalue weighted by atomic mass is 19.4. The average Bonchev–Trinajstić information content (AvgIpc) is 2.33. The largest absolute Gasteiger partial charge is 0.405 e. The Labute approximate surface area is 117 Å². The van der Waals surface area contributed by atoms with E-state index in [2.05, 4.69) is 0 Å². The van der Waals surface area contributed by atoms with Crippen molar-refractivity contribution in [3.63, 3.8) is 0 Å². The van der Waals surface area contributed by atoms with Crippen molar-refractivity contribution < 1.29 is 22.7 Å². The molecular weight excluding hydrogens is 275 g/mol. The fourth-order valence-electron chi connectivity index (χ4n) is 2.11. The van der Waals surface area contributed by atoms with Crippen molar-refractivity contribution in [2.24, 2.45) is 0 Å². The third kappa shape index (κ3) is 6.06. The number of halogens is 3. The first-order valence-electron chi connectivity index (χ1n) is 6.54. The van der Waals surface area contributed by atoms with Gasteiger partial charge in [0, 0.05) is 19.6 Å². The Morgan fingerprint density at radius 2 is 2.15 bits per heavy atom. The van der Waals surface area contributed by atoms with Gasteiger partial charge >= 0.3 is 6.18 Å². The van der Waals surface area contributed by atoms with E-state index in [1.165, 1.54) is 0 Å². The van der Waals surface area contributed by atoms with Gasteiger partial charge in [-0.3, -0.25) is 9.69 Å². The van der Waals surface area contributed by atoms with Crippen LogP contribution in [-0.2, 0) is 9.53 Å². The molecule has 1 fully saturated rings. The van der Waals surface area contributed by atoms with E-state index in [1.54, 1.807) is 6.92 Å². The number of hydrogen-bond donors (Lipinski definition) is 1. The molecule has 0 aromatic rings. The quantitative estimate of drug-likeness (QED) is 0.793. The molecule has 1 rings (SSSR count). The lowest BCUT2D eigenvalue weighted by molar-refractivity contribution is -0.143. The van der Waals surface area contributed by atoms with Crippen LogP contribution in [0.2, 0.25) is 0 Å². The molecule has 1 N–H and O–H groups in total. The third-order valence-corrected chi connectivity index (χ3v) is 3.13. The number of likely N-dealkylation sites (N-methyl/N-ethyl adjacent to an activating group) is 1. The van der Waals surface area contributed by atoms with Crippen molar-refractivity contribution >= 4 is 5.91 Å². The number of nitrogens with one attached hydrogen (secondary N) is 1. The predicted molar refractivity (Wildman–Crippen MR) is 68.4 cm³/mol. The molecular formula is C12H22F3N3O2. The number of rotatable bonds is 5. The van der Waals surface area contributed by atoms with Gasteiger partial charge in [0.1, 0.15) is 6.54 Å². The highest BCUT2D eigenvalue weighted by Crippen LogP contribution is 2.13. The highest BCUT2D eigenvalue weighted by molar-refractivity contribution is 5.81. The van der Waals surface area contributed by atoms with Crippen LogP contribution in [-0.4, -0.2) is 80.9 Å². The zero-order valence-corrected chi connectivity index (χ0v) is 12.0. The molecule has 0 aliphatic carbocycles. The van der Waals surface area contributed by atoms with Crippen molar-refractivity contribution in [3.8, 4) is 0 Å². The molecule has 1 aliphatic rings. The van der Waals surface area contributed by atoms with Gasteiger partial charge in [-0.25, -0.2) is 0 Å². The van der Waals surface area contributed by atoms with Gasteiger partial charge in [-0.1, -0.05) is 0 Å². The van der Waals surface area contributed by atoms with Gasteiger partial charge in [0.05, 0.1) is 18.8 Å². The van der Waals surface area contributed by atoms with Gasteiger partial charge in [-0.2, -0.15) is 13.2 Å². The second-order valence-electron chi connectivity index (χ2n) is 5.26. The lowest BCUT2D eigenvalue weighted by Crippen LogP contribution is -2.54. The predicted octanol–water partition coefficient (Wildman–Crippen LogP) is 0.316. The summed E-state index contributed by atoms with van der Waals surface area (Å²) in [6, 6.07) is -0.592. The highest BCUT2D eigenvalue weighted by Gasteiger charge is 2.31. The maximum atomic E-state index is 12.1. The first-order chi connectivity index (χ1) is 9.19. The van der Waals surface area contributed by atoms with Crippen LogP contribution < -0.4 is 5.32 Å². The molecule has 0 aromatic heterocycles. The van der Waals surface area contributed by atoms with Crippen molar-refractivity contribution in [2.45, 2.75) is 25.2 Å². The first kappa shape index (κ1) is 17.2. The summed E-state index contributed by atoms with van der Waals surface area (Å²) in [6.45, 7) is 2.61. The van der Waals surface area contributed by atoms with E-state index >= 15 is 0 Å². The second kappa shape index (κ2) is 7.24. The van der Waals surface area contributed by atoms with Gasteiger partial charge < -0.3 is 15.0 Å². The maximum Gasteiger partial charge on any atom is 0.405 e. The van der Waals surface area contributed by atoms with Crippen LogP contribution in [0.3, 0.4) is 0 Å². The number of carbonyl (C=O) groups is 1. The number of hydrogen-bond acceptors (Lipinski definition) is 4. The molecule has 5 nitrogen and oxygen atoms in total. The molecule has 1 aliphatic heterocycles. The Morgan fingerprint density at radius 1 is 1.50 bits per heavy atom. The Balaban J connectivity index is 2.45. The standard InChI is InChI=1S/C12H22F3N3O2/c1-9(11(19)16-8-12(13,14)15)18-4-5-20-10(7-18)6-17(2)3/h9-10H,4-8H2,1-3H3,(H,16,19)/t9-,10+/m0/s1. The van der Waals surface area contributed by atoms with Gasteiger partial charge in [-0.15, -0.1) is 0 Å². The number of morpholine rings is 1. The van der Waals surface area contributed by atoms with Crippen molar-refractivity contribution in [3.05, 3.63) is 0 Å². The van der Waals surface area contributed by atoms with Crippen molar-refractivity contribution in [1.29, 1.82) is 0 Å². The smallest absolute Gasteiger partial charge is 0.374 e. The molecule has 0 saturated carbocycles. The van der Waals surface area contributed by atoms with Crippen LogP contribution in [0.25, 0.3) is 0 Å². The Kier molecular flexibility index (Phi) is 6.22. The first-order valence-corrected chi connectivity index (χ1v) is 6.54. The lowest BCUT2D eigenvalue weighted by Gasteiger charge is -2.37.